The minimum atomic E-state index is -1.08. The SMILES string of the molecule is CC(N)CC(=O)N1CC(O)C[C@H]1C(=O)O. The molecule has 1 rings (SSSR count). The van der Waals surface area contributed by atoms with Crippen molar-refractivity contribution < 1.29 is 19.8 Å². The van der Waals surface area contributed by atoms with Crippen LogP contribution in [0.5, 0.6) is 0 Å². The minimum Gasteiger partial charge on any atom is -0.480 e. The van der Waals surface area contributed by atoms with Gasteiger partial charge in [-0.05, 0) is 6.92 Å². The summed E-state index contributed by atoms with van der Waals surface area (Å²) in [5.74, 6) is -1.39. The van der Waals surface area contributed by atoms with Crippen LogP contribution in [-0.2, 0) is 9.59 Å². The average molecular weight is 216 g/mol. The molecule has 6 heteroatoms. The Hall–Kier alpha value is -1.14. The number of amides is 1. The lowest BCUT2D eigenvalue weighted by atomic mass is 10.2. The van der Waals surface area contributed by atoms with Crippen LogP contribution in [0, 0.1) is 0 Å². The number of aliphatic hydroxyl groups is 1. The number of likely N-dealkylation sites (tertiary alicyclic amines) is 1. The number of aliphatic hydroxyl groups excluding tert-OH is 1. The highest BCUT2D eigenvalue weighted by Gasteiger charge is 2.38. The number of hydrogen-bond donors (Lipinski definition) is 3. The first-order chi connectivity index (χ1) is 6.91. The first kappa shape index (κ1) is 11.9. The standard InChI is InChI=1S/C9H16N2O4/c1-5(10)2-8(13)11-4-6(12)3-7(11)9(14)15/h5-7,12H,2-4,10H2,1H3,(H,14,15)/t5?,6?,7-/m0/s1. The van der Waals surface area contributed by atoms with Crippen molar-refractivity contribution in [1.29, 1.82) is 0 Å². The van der Waals surface area contributed by atoms with E-state index in [0.29, 0.717) is 0 Å². The molecule has 1 heterocycles. The summed E-state index contributed by atoms with van der Waals surface area (Å²) in [5.41, 5.74) is 5.46. The quantitative estimate of drug-likeness (QED) is 0.548. The Kier molecular flexibility index (Phi) is 3.65. The zero-order valence-electron chi connectivity index (χ0n) is 8.59. The molecule has 1 fully saturated rings. The first-order valence-corrected chi connectivity index (χ1v) is 4.87. The molecule has 1 saturated heterocycles. The number of carboxylic acid groups (broad SMARTS) is 1. The lowest BCUT2D eigenvalue weighted by Crippen LogP contribution is -2.42. The summed E-state index contributed by atoms with van der Waals surface area (Å²) in [6.45, 7) is 1.77. The van der Waals surface area contributed by atoms with Crippen LogP contribution >= 0.6 is 0 Å². The molecule has 4 N–H and O–H groups in total. The Morgan fingerprint density at radius 1 is 1.60 bits per heavy atom. The van der Waals surface area contributed by atoms with Gasteiger partial charge in [0.1, 0.15) is 6.04 Å². The van der Waals surface area contributed by atoms with Crippen molar-refractivity contribution in [2.45, 2.75) is 38.0 Å². The fraction of sp³-hybridized carbons (Fsp3) is 0.778. The molecule has 0 saturated carbocycles. The molecular weight excluding hydrogens is 200 g/mol. The molecule has 0 bridgehead atoms. The Morgan fingerprint density at radius 2 is 2.20 bits per heavy atom. The molecule has 86 valence electrons. The third kappa shape index (κ3) is 2.90. The number of β-amino-alcohol motifs (C(OH)–C–C–N with tert-alkyl or cyclic N) is 1. The Labute approximate surface area is 87.7 Å². The molecule has 0 spiro atoms. The number of aliphatic carboxylic acids is 1. The number of carbonyl (C=O) groups excluding carboxylic acids is 1. The van der Waals surface area contributed by atoms with Gasteiger partial charge in [-0.1, -0.05) is 0 Å². The molecule has 0 aliphatic carbocycles. The lowest BCUT2D eigenvalue weighted by Gasteiger charge is -2.21. The number of rotatable bonds is 3. The van der Waals surface area contributed by atoms with Crippen LogP contribution in [0.3, 0.4) is 0 Å². The minimum absolute atomic E-state index is 0.0858. The molecule has 0 aromatic rings. The highest BCUT2D eigenvalue weighted by Crippen LogP contribution is 2.19. The number of carbonyl (C=O) groups is 2. The predicted octanol–water partition coefficient (Wildman–Crippen LogP) is -1.23. The van der Waals surface area contributed by atoms with E-state index in [0.717, 1.165) is 0 Å². The maximum atomic E-state index is 11.6. The van der Waals surface area contributed by atoms with Crippen molar-refractivity contribution in [2.24, 2.45) is 5.73 Å². The summed E-state index contributed by atoms with van der Waals surface area (Å²) in [4.78, 5) is 23.6. The van der Waals surface area contributed by atoms with Crippen molar-refractivity contribution >= 4 is 11.9 Å². The maximum Gasteiger partial charge on any atom is 0.326 e. The fourth-order valence-corrected chi connectivity index (χ4v) is 1.72. The van der Waals surface area contributed by atoms with E-state index in [1.54, 1.807) is 6.92 Å². The van der Waals surface area contributed by atoms with Crippen molar-refractivity contribution in [3.63, 3.8) is 0 Å². The largest absolute Gasteiger partial charge is 0.480 e. The van der Waals surface area contributed by atoms with Gasteiger partial charge in [-0.25, -0.2) is 4.79 Å². The van der Waals surface area contributed by atoms with E-state index in [1.807, 2.05) is 0 Å². The number of hydrogen-bond acceptors (Lipinski definition) is 4. The van der Waals surface area contributed by atoms with Gasteiger partial charge in [0, 0.05) is 25.4 Å². The third-order valence-electron chi connectivity index (χ3n) is 2.38. The van der Waals surface area contributed by atoms with E-state index in [1.165, 1.54) is 4.90 Å². The fourth-order valence-electron chi connectivity index (χ4n) is 1.72. The third-order valence-corrected chi connectivity index (χ3v) is 2.38. The van der Waals surface area contributed by atoms with Gasteiger partial charge in [-0.2, -0.15) is 0 Å². The monoisotopic (exact) mass is 216 g/mol. The van der Waals surface area contributed by atoms with E-state index in [-0.39, 0.29) is 31.3 Å². The van der Waals surface area contributed by atoms with Gasteiger partial charge in [0.25, 0.3) is 0 Å². The highest BCUT2D eigenvalue weighted by atomic mass is 16.4. The van der Waals surface area contributed by atoms with Gasteiger partial charge < -0.3 is 20.8 Å². The topological polar surface area (TPSA) is 104 Å². The summed E-state index contributed by atoms with van der Waals surface area (Å²) in [6.07, 6.45) is -0.542. The summed E-state index contributed by atoms with van der Waals surface area (Å²) in [5, 5.41) is 18.2. The van der Waals surface area contributed by atoms with E-state index >= 15 is 0 Å². The smallest absolute Gasteiger partial charge is 0.326 e. The molecule has 2 unspecified atom stereocenters. The van der Waals surface area contributed by atoms with Crippen LogP contribution < -0.4 is 5.73 Å². The van der Waals surface area contributed by atoms with Crippen LogP contribution in [0.2, 0.25) is 0 Å². The molecule has 1 amide bonds. The second kappa shape index (κ2) is 4.59. The van der Waals surface area contributed by atoms with Crippen molar-refractivity contribution in [1.82, 2.24) is 4.90 Å². The lowest BCUT2D eigenvalue weighted by molar-refractivity contribution is -0.148. The van der Waals surface area contributed by atoms with Crippen LogP contribution in [0.25, 0.3) is 0 Å². The molecule has 0 aromatic carbocycles. The molecule has 6 nitrogen and oxygen atoms in total. The molecule has 3 atom stereocenters. The second-order valence-electron chi connectivity index (χ2n) is 3.97. The van der Waals surface area contributed by atoms with E-state index in [9.17, 15) is 14.7 Å². The number of carboxylic acids is 1. The summed E-state index contributed by atoms with van der Waals surface area (Å²) in [6, 6.07) is -1.21. The van der Waals surface area contributed by atoms with Crippen LogP contribution in [0.1, 0.15) is 19.8 Å². The van der Waals surface area contributed by atoms with E-state index in [2.05, 4.69) is 0 Å². The first-order valence-electron chi connectivity index (χ1n) is 4.87. The Morgan fingerprint density at radius 3 is 2.67 bits per heavy atom. The molecule has 15 heavy (non-hydrogen) atoms. The van der Waals surface area contributed by atoms with E-state index in [4.69, 9.17) is 10.8 Å². The number of nitrogens with two attached hydrogens (primary N) is 1. The van der Waals surface area contributed by atoms with Crippen molar-refractivity contribution in [2.75, 3.05) is 6.54 Å². The van der Waals surface area contributed by atoms with Gasteiger partial charge in [0.2, 0.25) is 5.91 Å². The molecule has 1 aliphatic rings. The summed E-state index contributed by atoms with van der Waals surface area (Å²) < 4.78 is 0. The van der Waals surface area contributed by atoms with Crippen LogP contribution in [0.15, 0.2) is 0 Å². The molecular formula is C9H16N2O4. The average Bonchev–Trinajstić information content (AvgIpc) is 2.46. The zero-order valence-corrected chi connectivity index (χ0v) is 8.59. The Balaban J connectivity index is 2.66. The molecule has 1 aliphatic heterocycles. The summed E-state index contributed by atoms with van der Waals surface area (Å²) >= 11 is 0. The second-order valence-corrected chi connectivity index (χ2v) is 3.97. The number of nitrogens with zero attached hydrogens (tertiary/aromatic N) is 1. The molecule has 0 radical (unpaired) electrons. The van der Waals surface area contributed by atoms with Gasteiger partial charge in [-0.3, -0.25) is 4.79 Å². The van der Waals surface area contributed by atoms with Gasteiger partial charge in [0.15, 0.2) is 0 Å². The van der Waals surface area contributed by atoms with Crippen molar-refractivity contribution in [3.05, 3.63) is 0 Å². The maximum absolute atomic E-state index is 11.6. The van der Waals surface area contributed by atoms with Crippen LogP contribution in [0.4, 0.5) is 0 Å². The zero-order chi connectivity index (χ0) is 11.6. The van der Waals surface area contributed by atoms with Crippen LogP contribution in [-0.4, -0.2) is 51.7 Å². The van der Waals surface area contributed by atoms with Gasteiger partial charge in [0.05, 0.1) is 6.10 Å². The summed E-state index contributed by atoms with van der Waals surface area (Å²) in [7, 11) is 0. The highest BCUT2D eigenvalue weighted by molar-refractivity contribution is 5.84. The van der Waals surface area contributed by atoms with Gasteiger partial charge in [-0.15, -0.1) is 0 Å². The molecule has 0 aromatic heterocycles. The Bertz CT molecular complexity index is 267. The normalized spacial score (nSPS) is 27.8. The van der Waals surface area contributed by atoms with Gasteiger partial charge >= 0.3 is 5.97 Å². The van der Waals surface area contributed by atoms with Crippen molar-refractivity contribution in [3.8, 4) is 0 Å². The van der Waals surface area contributed by atoms with E-state index < -0.39 is 18.1 Å². The predicted molar refractivity (Wildman–Crippen MR) is 52.0 cm³/mol.